The van der Waals surface area contributed by atoms with E-state index < -0.39 is 5.82 Å². The Hall–Kier alpha value is -1.90. The number of hydrogen-bond donors (Lipinski definition) is 2. The highest BCUT2D eigenvalue weighted by Crippen LogP contribution is 2.12. The molecule has 1 aromatic carbocycles. The van der Waals surface area contributed by atoms with Crippen LogP contribution in [0.25, 0.3) is 0 Å². The largest absolute Gasteiger partial charge is 0.384 e. The molecule has 114 valence electrons. The minimum absolute atomic E-state index is 0.176. The van der Waals surface area contributed by atoms with Crippen LogP contribution in [-0.2, 0) is 11.3 Å². The summed E-state index contributed by atoms with van der Waals surface area (Å²) >= 11 is 0. The van der Waals surface area contributed by atoms with Crippen LogP contribution in [0.1, 0.15) is 30.9 Å². The first-order valence-corrected chi connectivity index (χ1v) is 6.95. The molecule has 0 aromatic heterocycles. The topological polar surface area (TPSA) is 66.6 Å². The molecular formula is C16H21FN2O2. The smallest absolute Gasteiger partial charge is 0.231 e. The Bertz CT molecular complexity index is 535. The zero-order valence-corrected chi connectivity index (χ0v) is 12.2. The van der Waals surface area contributed by atoms with Crippen LogP contribution >= 0.6 is 0 Å². The van der Waals surface area contributed by atoms with E-state index in [4.69, 9.17) is 10.8 Å². The summed E-state index contributed by atoms with van der Waals surface area (Å²) in [5, 5.41) is 8.67. The molecule has 0 spiro atoms. The van der Waals surface area contributed by atoms with E-state index in [1.807, 2.05) is 4.90 Å². The molecule has 1 rings (SSSR count). The maximum Gasteiger partial charge on any atom is 0.231 e. The monoisotopic (exact) mass is 292 g/mol. The number of unbranched alkanes of at least 4 members (excludes halogenated alkanes) is 1. The lowest BCUT2D eigenvalue weighted by Gasteiger charge is -2.20. The molecule has 1 amide bonds. The maximum absolute atomic E-state index is 13.6. The summed E-state index contributed by atoms with van der Waals surface area (Å²) in [6, 6.07) is 4.65. The Morgan fingerprint density at radius 3 is 2.86 bits per heavy atom. The third kappa shape index (κ3) is 6.39. The molecule has 0 heterocycles. The number of aliphatic hydroxyl groups is 1. The number of benzene rings is 1. The average molecular weight is 292 g/mol. The number of aliphatic hydroxyl groups excluding tert-OH is 1. The number of nitrogens with zero attached hydrogens (tertiary/aromatic N) is 1. The Morgan fingerprint density at radius 2 is 2.24 bits per heavy atom. The van der Waals surface area contributed by atoms with Crippen LogP contribution in [0.5, 0.6) is 0 Å². The van der Waals surface area contributed by atoms with E-state index in [-0.39, 0.29) is 24.6 Å². The Balaban J connectivity index is 2.84. The normalized spacial score (nSPS) is 10.3. The number of amides is 1. The molecule has 0 saturated heterocycles. The van der Waals surface area contributed by atoms with Crippen molar-refractivity contribution in [2.24, 2.45) is 5.73 Å². The zero-order chi connectivity index (χ0) is 15.7. The first-order chi connectivity index (χ1) is 10.1. The molecule has 4 nitrogen and oxygen atoms in total. The molecule has 5 heteroatoms. The predicted molar refractivity (Wildman–Crippen MR) is 79.7 cm³/mol. The lowest BCUT2D eigenvalue weighted by Crippen LogP contribution is -2.34. The van der Waals surface area contributed by atoms with Crippen molar-refractivity contribution in [2.45, 2.75) is 26.3 Å². The van der Waals surface area contributed by atoms with Crippen molar-refractivity contribution in [1.82, 2.24) is 4.90 Å². The molecule has 1 aromatic rings. The number of halogens is 1. The molecule has 0 aliphatic carbocycles. The summed E-state index contributed by atoms with van der Waals surface area (Å²) in [6.45, 7) is 3.21. The highest BCUT2D eigenvalue weighted by Gasteiger charge is 2.10. The van der Waals surface area contributed by atoms with Gasteiger partial charge in [-0.15, -0.1) is 0 Å². The van der Waals surface area contributed by atoms with Gasteiger partial charge >= 0.3 is 0 Å². The predicted octanol–water partition coefficient (Wildman–Crippen LogP) is 1.26. The number of hydrogen-bond acceptors (Lipinski definition) is 3. The van der Waals surface area contributed by atoms with Gasteiger partial charge in [-0.1, -0.05) is 31.3 Å². The fourth-order valence-corrected chi connectivity index (χ4v) is 1.98. The molecule has 0 saturated carbocycles. The Labute approximate surface area is 124 Å². The van der Waals surface area contributed by atoms with E-state index in [9.17, 15) is 9.18 Å². The Kier molecular flexibility index (Phi) is 7.44. The van der Waals surface area contributed by atoms with Crippen molar-refractivity contribution < 1.29 is 14.3 Å². The molecule has 0 bridgehead atoms. The van der Waals surface area contributed by atoms with E-state index in [0.29, 0.717) is 6.54 Å². The van der Waals surface area contributed by atoms with Gasteiger partial charge in [0.05, 0.1) is 12.1 Å². The van der Waals surface area contributed by atoms with Crippen LogP contribution in [0.3, 0.4) is 0 Å². The minimum Gasteiger partial charge on any atom is -0.384 e. The quantitative estimate of drug-likeness (QED) is 0.744. The van der Waals surface area contributed by atoms with E-state index in [0.717, 1.165) is 24.9 Å². The molecule has 0 fully saturated rings. The van der Waals surface area contributed by atoms with Gasteiger partial charge in [0.15, 0.2) is 0 Å². The van der Waals surface area contributed by atoms with Gasteiger partial charge in [-0.2, -0.15) is 0 Å². The van der Waals surface area contributed by atoms with Gasteiger partial charge in [-0.3, -0.25) is 9.69 Å². The zero-order valence-electron chi connectivity index (χ0n) is 12.2. The van der Waals surface area contributed by atoms with Crippen LogP contribution in [0.4, 0.5) is 4.39 Å². The van der Waals surface area contributed by atoms with Crippen molar-refractivity contribution >= 4 is 5.91 Å². The molecule has 0 unspecified atom stereocenters. The maximum atomic E-state index is 13.6. The summed E-state index contributed by atoms with van der Waals surface area (Å²) in [4.78, 5) is 13.0. The van der Waals surface area contributed by atoms with Gasteiger partial charge in [0.25, 0.3) is 0 Å². The van der Waals surface area contributed by atoms with Crippen LogP contribution in [0.15, 0.2) is 18.2 Å². The fraction of sp³-hybridized carbons (Fsp3) is 0.438. The third-order valence-corrected chi connectivity index (χ3v) is 2.95. The third-order valence-electron chi connectivity index (χ3n) is 2.95. The molecule has 0 radical (unpaired) electrons. The number of carbonyl (C=O) groups is 1. The second-order valence-corrected chi connectivity index (χ2v) is 4.80. The molecule has 0 aliphatic rings. The fourth-order valence-electron chi connectivity index (χ4n) is 1.98. The first-order valence-electron chi connectivity index (χ1n) is 6.95. The van der Waals surface area contributed by atoms with Gasteiger partial charge in [0.1, 0.15) is 12.4 Å². The highest BCUT2D eigenvalue weighted by molar-refractivity contribution is 5.75. The van der Waals surface area contributed by atoms with Crippen molar-refractivity contribution in [3.63, 3.8) is 0 Å². The van der Waals surface area contributed by atoms with Gasteiger partial charge in [0, 0.05) is 6.54 Å². The molecular weight excluding hydrogens is 271 g/mol. The Morgan fingerprint density at radius 1 is 1.48 bits per heavy atom. The molecule has 21 heavy (non-hydrogen) atoms. The van der Waals surface area contributed by atoms with Crippen LogP contribution < -0.4 is 5.73 Å². The van der Waals surface area contributed by atoms with Crippen molar-refractivity contribution in [2.75, 3.05) is 19.7 Å². The minimum atomic E-state index is -0.422. The summed E-state index contributed by atoms with van der Waals surface area (Å²) in [6.07, 6.45) is 1.98. The molecule has 0 atom stereocenters. The van der Waals surface area contributed by atoms with Gasteiger partial charge in [0.2, 0.25) is 5.91 Å². The van der Waals surface area contributed by atoms with E-state index in [1.165, 1.54) is 6.07 Å². The highest BCUT2D eigenvalue weighted by atomic mass is 19.1. The van der Waals surface area contributed by atoms with Gasteiger partial charge in [-0.05, 0) is 30.7 Å². The van der Waals surface area contributed by atoms with Crippen molar-refractivity contribution in [3.05, 3.63) is 35.1 Å². The SMILES string of the molecule is CCCCN(CC(N)=O)Cc1ccc(F)c(C#CCO)c1. The average Bonchev–Trinajstić information content (AvgIpc) is 2.44. The number of rotatable bonds is 7. The van der Waals surface area contributed by atoms with Gasteiger partial charge in [-0.25, -0.2) is 4.39 Å². The van der Waals surface area contributed by atoms with Gasteiger partial charge < -0.3 is 10.8 Å². The van der Waals surface area contributed by atoms with Crippen LogP contribution in [-0.4, -0.2) is 35.6 Å². The number of primary amides is 1. The van der Waals surface area contributed by atoms with E-state index in [2.05, 4.69) is 18.8 Å². The second kappa shape index (κ2) is 9.11. The van der Waals surface area contributed by atoms with Crippen molar-refractivity contribution in [1.29, 1.82) is 0 Å². The number of carbonyl (C=O) groups excluding carboxylic acids is 1. The van der Waals surface area contributed by atoms with Crippen molar-refractivity contribution in [3.8, 4) is 11.8 Å². The number of nitrogens with two attached hydrogens (primary N) is 1. The first kappa shape index (κ1) is 17.2. The van der Waals surface area contributed by atoms with E-state index >= 15 is 0 Å². The lowest BCUT2D eigenvalue weighted by molar-refractivity contribution is -0.119. The summed E-state index contributed by atoms with van der Waals surface area (Å²) < 4.78 is 13.6. The summed E-state index contributed by atoms with van der Waals surface area (Å²) in [5.41, 5.74) is 6.35. The van der Waals surface area contributed by atoms with E-state index in [1.54, 1.807) is 12.1 Å². The molecule has 0 aliphatic heterocycles. The van der Waals surface area contributed by atoms with Crippen LogP contribution in [0, 0.1) is 17.7 Å². The summed E-state index contributed by atoms with van der Waals surface area (Å²) in [7, 11) is 0. The lowest BCUT2D eigenvalue weighted by atomic mass is 10.1. The molecule has 3 N–H and O–H groups in total. The summed E-state index contributed by atoms with van der Waals surface area (Å²) in [5.74, 6) is 4.20. The second-order valence-electron chi connectivity index (χ2n) is 4.80. The standard InChI is InChI=1S/C16H21FN2O2/c1-2-3-8-19(12-16(18)21)11-13-6-7-15(17)14(10-13)5-4-9-20/h6-7,10,20H,2-3,8-9,11-12H2,1H3,(H2,18,21). The van der Waals surface area contributed by atoms with Crippen LogP contribution in [0.2, 0.25) is 0 Å².